The molecule has 1 saturated heterocycles. The lowest BCUT2D eigenvalue weighted by Gasteiger charge is -2.23. The maximum Gasteiger partial charge on any atom is 0.338 e. The predicted molar refractivity (Wildman–Crippen MR) is 106 cm³/mol. The summed E-state index contributed by atoms with van der Waals surface area (Å²) in [7, 11) is 0. The molecule has 2 heterocycles. The van der Waals surface area contributed by atoms with Gasteiger partial charge in [-0.25, -0.2) is 9.59 Å². The van der Waals surface area contributed by atoms with Gasteiger partial charge in [0.05, 0.1) is 10.0 Å². The van der Waals surface area contributed by atoms with Gasteiger partial charge in [-0.05, 0) is 34.1 Å². The number of esters is 1. The minimum atomic E-state index is -0.714. The van der Waals surface area contributed by atoms with Crippen LogP contribution in [0.1, 0.15) is 23.0 Å². The fourth-order valence-corrected chi connectivity index (χ4v) is 3.87. The molecule has 1 unspecified atom stereocenters. The third-order valence-corrected chi connectivity index (χ3v) is 5.60. The minimum absolute atomic E-state index is 0.188. The van der Waals surface area contributed by atoms with Crippen LogP contribution in [0.4, 0.5) is 0 Å². The van der Waals surface area contributed by atoms with Crippen molar-refractivity contribution in [2.75, 3.05) is 0 Å². The molecule has 1 fully saturated rings. The Morgan fingerprint density at radius 1 is 1.37 bits per heavy atom. The van der Waals surface area contributed by atoms with E-state index in [-0.39, 0.29) is 9.30 Å². The summed E-state index contributed by atoms with van der Waals surface area (Å²) in [5, 5.41) is 0. The SMILES string of the molecule is C=CC(OC(=O)c1ccccc1)[C@H]1O[C@@H](n2cc(Br)c(=O)[nH]c2=O)C[C@@H]1Br. The van der Waals surface area contributed by atoms with Crippen LogP contribution >= 0.6 is 31.9 Å². The number of rotatable bonds is 5. The Hall–Kier alpha value is -1.97. The topological polar surface area (TPSA) is 90.4 Å². The zero-order valence-corrected chi connectivity index (χ0v) is 17.2. The highest BCUT2D eigenvalue weighted by Gasteiger charge is 2.40. The van der Waals surface area contributed by atoms with Crippen LogP contribution in [0, 0.1) is 0 Å². The molecule has 2 aromatic rings. The summed E-state index contributed by atoms with van der Waals surface area (Å²) in [5.41, 5.74) is -0.669. The first-order valence-corrected chi connectivity index (χ1v) is 9.80. The van der Waals surface area contributed by atoms with Gasteiger partial charge >= 0.3 is 11.7 Å². The maximum absolute atomic E-state index is 12.3. The molecule has 1 aromatic heterocycles. The van der Waals surface area contributed by atoms with Crippen molar-refractivity contribution in [1.82, 2.24) is 9.55 Å². The first kappa shape index (κ1) is 19.8. The summed E-state index contributed by atoms with van der Waals surface area (Å²) >= 11 is 6.63. The van der Waals surface area contributed by atoms with Crippen molar-refractivity contribution in [2.45, 2.75) is 29.7 Å². The summed E-state index contributed by atoms with van der Waals surface area (Å²) < 4.78 is 13.0. The molecule has 0 aliphatic carbocycles. The van der Waals surface area contributed by atoms with E-state index in [1.165, 1.54) is 16.8 Å². The van der Waals surface area contributed by atoms with Crippen LogP contribution < -0.4 is 11.2 Å². The number of aromatic nitrogens is 2. The van der Waals surface area contributed by atoms with E-state index in [0.717, 1.165) is 0 Å². The largest absolute Gasteiger partial charge is 0.452 e. The summed E-state index contributed by atoms with van der Waals surface area (Å²) in [4.78, 5) is 37.9. The van der Waals surface area contributed by atoms with Crippen LogP contribution in [0.3, 0.4) is 0 Å². The number of alkyl halides is 1. The second kappa shape index (κ2) is 8.37. The van der Waals surface area contributed by atoms with Gasteiger partial charge in [0, 0.05) is 17.4 Å². The average molecular weight is 500 g/mol. The number of nitrogens with one attached hydrogen (secondary N) is 1. The summed E-state index contributed by atoms with van der Waals surface area (Å²) in [6.45, 7) is 3.73. The molecular formula is C18H16Br2N2O5. The first-order valence-electron chi connectivity index (χ1n) is 8.09. The minimum Gasteiger partial charge on any atom is -0.452 e. The predicted octanol–water partition coefficient (Wildman–Crippen LogP) is 2.76. The molecule has 3 rings (SSSR count). The molecule has 1 aliphatic rings. The zero-order valence-electron chi connectivity index (χ0n) is 14.0. The zero-order chi connectivity index (χ0) is 19.6. The highest BCUT2D eigenvalue weighted by molar-refractivity contribution is 9.10. The van der Waals surface area contributed by atoms with Gasteiger partial charge in [-0.2, -0.15) is 0 Å². The lowest BCUT2D eigenvalue weighted by Crippen LogP contribution is -2.35. The van der Waals surface area contributed by atoms with E-state index in [0.29, 0.717) is 12.0 Å². The van der Waals surface area contributed by atoms with Crippen molar-refractivity contribution in [2.24, 2.45) is 0 Å². The number of carbonyl (C=O) groups excluding carboxylic acids is 1. The van der Waals surface area contributed by atoms with Gasteiger partial charge in [0.15, 0.2) is 0 Å². The van der Waals surface area contributed by atoms with E-state index in [1.54, 1.807) is 30.3 Å². The third kappa shape index (κ3) is 4.31. The number of halogens is 2. The standard InChI is InChI=1S/C18H16Br2N2O5/c1-2-13(26-17(24)10-6-4-3-5-7-10)15-11(19)8-14(27-15)22-9-12(20)16(23)21-18(22)25/h2-7,9,11,13-15H,1,8H2,(H,21,23,25)/t11-,13?,14+,15-/m0/s1. The van der Waals surface area contributed by atoms with Crippen LogP contribution in [0.5, 0.6) is 0 Å². The van der Waals surface area contributed by atoms with E-state index in [9.17, 15) is 14.4 Å². The van der Waals surface area contributed by atoms with E-state index in [1.807, 2.05) is 0 Å². The third-order valence-electron chi connectivity index (χ3n) is 4.14. The van der Waals surface area contributed by atoms with Gasteiger partial charge in [-0.15, -0.1) is 0 Å². The van der Waals surface area contributed by atoms with Crippen LogP contribution in [-0.4, -0.2) is 32.6 Å². The Balaban J connectivity index is 1.77. The molecule has 0 bridgehead atoms. The van der Waals surface area contributed by atoms with Gasteiger partial charge in [0.1, 0.15) is 18.4 Å². The van der Waals surface area contributed by atoms with Gasteiger partial charge in [-0.3, -0.25) is 14.3 Å². The highest BCUT2D eigenvalue weighted by Crippen LogP contribution is 2.35. The van der Waals surface area contributed by atoms with Crippen molar-refractivity contribution in [3.8, 4) is 0 Å². The fourth-order valence-electron chi connectivity index (χ4n) is 2.80. The Labute approximate surface area is 171 Å². The number of H-pyrrole nitrogens is 1. The van der Waals surface area contributed by atoms with Crippen molar-refractivity contribution in [3.05, 3.63) is 80.1 Å². The van der Waals surface area contributed by atoms with Crippen molar-refractivity contribution in [1.29, 1.82) is 0 Å². The van der Waals surface area contributed by atoms with Gasteiger partial charge in [0.25, 0.3) is 5.56 Å². The quantitative estimate of drug-likeness (QED) is 0.388. The monoisotopic (exact) mass is 498 g/mol. The van der Waals surface area contributed by atoms with E-state index >= 15 is 0 Å². The van der Waals surface area contributed by atoms with Crippen molar-refractivity contribution in [3.63, 3.8) is 0 Å². The summed E-state index contributed by atoms with van der Waals surface area (Å²) in [6, 6.07) is 8.61. The number of carbonyl (C=O) groups is 1. The number of aromatic amines is 1. The maximum atomic E-state index is 12.3. The number of hydrogen-bond acceptors (Lipinski definition) is 5. The van der Waals surface area contributed by atoms with Gasteiger partial charge < -0.3 is 9.47 Å². The Morgan fingerprint density at radius 3 is 2.74 bits per heavy atom. The number of ether oxygens (including phenoxy) is 2. The highest BCUT2D eigenvalue weighted by atomic mass is 79.9. The molecule has 0 saturated carbocycles. The molecule has 0 radical (unpaired) electrons. The molecule has 7 nitrogen and oxygen atoms in total. The molecule has 1 N–H and O–H groups in total. The lowest BCUT2D eigenvalue weighted by molar-refractivity contribution is -0.0545. The molecule has 9 heteroatoms. The Kier molecular flexibility index (Phi) is 6.13. The van der Waals surface area contributed by atoms with Crippen molar-refractivity contribution < 1.29 is 14.3 Å². The summed E-state index contributed by atoms with van der Waals surface area (Å²) in [5.74, 6) is -0.490. The summed E-state index contributed by atoms with van der Waals surface area (Å²) in [6.07, 6.45) is 1.43. The molecule has 0 spiro atoms. The number of nitrogens with zero attached hydrogens (tertiary/aromatic N) is 1. The molecule has 27 heavy (non-hydrogen) atoms. The second-order valence-corrected chi connectivity index (χ2v) is 7.95. The van der Waals surface area contributed by atoms with Crippen molar-refractivity contribution >= 4 is 37.8 Å². The molecule has 142 valence electrons. The normalized spacial score (nSPS) is 23.0. The fraction of sp³-hybridized carbons (Fsp3) is 0.278. The smallest absolute Gasteiger partial charge is 0.338 e. The van der Waals surface area contributed by atoms with Gasteiger partial charge in [0.2, 0.25) is 0 Å². The van der Waals surface area contributed by atoms with Crippen LogP contribution in [0.25, 0.3) is 0 Å². The Morgan fingerprint density at radius 2 is 2.07 bits per heavy atom. The number of benzene rings is 1. The second-order valence-electron chi connectivity index (χ2n) is 5.92. The van der Waals surface area contributed by atoms with Crippen LogP contribution in [0.15, 0.2) is 63.2 Å². The van der Waals surface area contributed by atoms with E-state index in [4.69, 9.17) is 9.47 Å². The molecule has 1 aromatic carbocycles. The van der Waals surface area contributed by atoms with Crippen LogP contribution in [-0.2, 0) is 9.47 Å². The first-order chi connectivity index (χ1) is 12.9. The number of hydrogen-bond donors (Lipinski definition) is 1. The molecule has 1 aliphatic heterocycles. The lowest BCUT2D eigenvalue weighted by atomic mass is 10.1. The van der Waals surface area contributed by atoms with Gasteiger partial charge in [-0.1, -0.05) is 40.7 Å². The molecular weight excluding hydrogens is 484 g/mol. The average Bonchev–Trinajstić information content (AvgIpc) is 3.04. The Bertz CT molecular complexity index is 956. The van der Waals surface area contributed by atoms with E-state index in [2.05, 4.69) is 43.4 Å². The molecule has 0 amide bonds. The van der Waals surface area contributed by atoms with Crippen LogP contribution in [0.2, 0.25) is 0 Å². The molecule has 4 atom stereocenters. The van der Waals surface area contributed by atoms with E-state index < -0.39 is 35.7 Å².